The highest BCUT2D eigenvalue weighted by atomic mass is 19.1. The van der Waals surface area contributed by atoms with Crippen LogP contribution in [0.4, 0.5) is 14.5 Å². The minimum Gasteiger partial charge on any atom is -0.390 e. The van der Waals surface area contributed by atoms with Crippen molar-refractivity contribution >= 4 is 16.6 Å². The van der Waals surface area contributed by atoms with E-state index >= 15 is 4.39 Å². The lowest BCUT2D eigenvalue weighted by Gasteiger charge is -2.38. The van der Waals surface area contributed by atoms with E-state index in [9.17, 15) is 9.50 Å². The normalized spacial score (nSPS) is 17.7. The number of rotatable bonds is 1. The van der Waals surface area contributed by atoms with Crippen molar-refractivity contribution in [1.82, 2.24) is 4.98 Å². The maximum atomic E-state index is 15.3. The number of aliphatic hydroxyl groups excluding tert-OH is 1. The van der Waals surface area contributed by atoms with Crippen molar-refractivity contribution < 1.29 is 13.9 Å². The van der Waals surface area contributed by atoms with E-state index in [1.54, 1.807) is 12.1 Å². The first-order chi connectivity index (χ1) is 12.8. The van der Waals surface area contributed by atoms with E-state index in [1.807, 2.05) is 33.0 Å². The Hall–Kier alpha value is -2.44. The van der Waals surface area contributed by atoms with Crippen LogP contribution in [0, 0.1) is 18.6 Å². The third-order valence-electron chi connectivity index (χ3n) is 5.20. The lowest BCUT2D eigenvalue weighted by molar-refractivity contribution is 0.109. The first-order valence-corrected chi connectivity index (χ1v) is 8.91. The summed E-state index contributed by atoms with van der Waals surface area (Å²) in [5.74, 6) is -1.23. The summed E-state index contributed by atoms with van der Waals surface area (Å²) in [6.07, 6.45) is 1.22. The average molecular weight is 373 g/mol. The molecule has 1 aliphatic heterocycles. The molecule has 0 radical (unpaired) electrons. The van der Waals surface area contributed by atoms with Gasteiger partial charge in [-0.1, -0.05) is 18.2 Å². The van der Waals surface area contributed by atoms with Crippen molar-refractivity contribution in [3.63, 3.8) is 0 Å². The Morgan fingerprint density at radius 1 is 1.22 bits per heavy atom. The van der Waals surface area contributed by atoms with Gasteiger partial charge in [-0.3, -0.25) is 0 Å². The number of aliphatic hydroxyl groups is 1. The maximum Gasteiger partial charge on any atom is 0.139 e. The summed E-state index contributed by atoms with van der Waals surface area (Å²) >= 11 is 0. The molecule has 0 amide bonds. The molecule has 4 nitrogen and oxygen atoms in total. The predicted molar refractivity (Wildman–Crippen MR) is 106 cm³/mol. The van der Waals surface area contributed by atoms with Gasteiger partial charge < -0.3 is 21.1 Å². The monoisotopic (exact) mass is 373 g/mol. The zero-order chi connectivity index (χ0) is 19.9. The number of nitrogens with one attached hydrogen (secondary N) is 2. The summed E-state index contributed by atoms with van der Waals surface area (Å²) in [5, 5.41) is 14.3. The van der Waals surface area contributed by atoms with Gasteiger partial charge in [-0.25, -0.2) is 8.78 Å². The van der Waals surface area contributed by atoms with Crippen molar-refractivity contribution in [2.24, 2.45) is 5.73 Å². The molecule has 4 rings (SSSR count). The Morgan fingerprint density at radius 3 is 2.63 bits per heavy atom. The molecule has 5 N–H and O–H groups in total. The van der Waals surface area contributed by atoms with Gasteiger partial charge in [0.15, 0.2) is 0 Å². The van der Waals surface area contributed by atoms with E-state index in [-0.39, 0.29) is 12.0 Å². The Balaban J connectivity index is 0.00000102. The van der Waals surface area contributed by atoms with E-state index < -0.39 is 23.3 Å². The van der Waals surface area contributed by atoms with Crippen LogP contribution < -0.4 is 11.1 Å². The molecule has 0 bridgehead atoms. The van der Waals surface area contributed by atoms with Gasteiger partial charge in [0, 0.05) is 34.8 Å². The van der Waals surface area contributed by atoms with Crippen LogP contribution in [0.2, 0.25) is 0 Å². The highest BCUT2D eigenvalue weighted by Crippen LogP contribution is 2.40. The number of halogens is 2. The molecule has 6 heteroatoms. The van der Waals surface area contributed by atoms with Gasteiger partial charge in [-0.05, 0) is 39.4 Å². The number of nitrogens with two attached hydrogens (primary N) is 1. The molecule has 2 aromatic carbocycles. The number of para-hydroxylation sites is 1. The fourth-order valence-electron chi connectivity index (χ4n) is 3.60. The summed E-state index contributed by atoms with van der Waals surface area (Å²) in [6, 6.07) is 6.76. The van der Waals surface area contributed by atoms with Gasteiger partial charge in [-0.2, -0.15) is 0 Å². The molecule has 0 saturated heterocycles. The molecule has 0 saturated carbocycles. The van der Waals surface area contributed by atoms with Crippen LogP contribution in [0.15, 0.2) is 30.5 Å². The van der Waals surface area contributed by atoms with E-state index in [4.69, 9.17) is 0 Å². The van der Waals surface area contributed by atoms with Crippen LogP contribution in [0.3, 0.4) is 0 Å². The fourth-order valence-corrected chi connectivity index (χ4v) is 3.60. The number of aryl methyl sites for hydroxylation is 1. The summed E-state index contributed by atoms with van der Waals surface area (Å²) in [7, 11) is 1.50. The Morgan fingerprint density at radius 2 is 1.93 bits per heavy atom. The largest absolute Gasteiger partial charge is 0.390 e. The molecular weight excluding hydrogens is 348 g/mol. The third kappa shape index (κ3) is 3.09. The van der Waals surface area contributed by atoms with E-state index in [0.29, 0.717) is 22.3 Å². The molecule has 0 aliphatic carbocycles. The Bertz CT molecular complexity index is 995. The van der Waals surface area contributed by atoms with Crippen LogP contribution >= 0.6 is 0 Å². The second kappa shape index (κ2) is 6.94. The molecule has 144 valence electrons. The fraction of sp³-hybridized carbons (Fsp3) is 0.333. The second-order valence-corrected chi connectivity index (χ2v) is 7.34. The van der Waals surface area contributed by atoms with Crippen LogP contribution in [0.25, 0.3) is 22.0 Å². The maximum absolute atomic E-state index is 15.3. The molecule has 1 atom stereocenters. The number of anilines is 1. The van der Waals surface area contributed by atoms with Crippen LogP contribution in [0.1, 0.15) is 25.0 Å². The van der Waals surface area contributed by atoms with Crippen LogP contribution in [-0.2, 0) is 6.42 Å². The van der Waals surface area contributed by atoms with Crippen molar-refractivity contribution in [3.05, 3.63) is 53.2 Å². The lowest BCUT2D eigenvalue weighted by Crippen LogP contribution is -2.48. The van der Waals surface area contributed by atoms with Gasteiger partial charge in [0.1, 0.15) is 11.6 Å². The van der Waals surface area contributed by atoms with Crippen molar-refractivity contribution in [3.8, 4) is 11.1 Å². The zero-order valence-corrected chi connectivity index (χ0v) is 16.0. The van der Waals surface area contributed by atoms with Crippen molar-refractivity contribution in [1.29, 1.82) is 0 Å². The number of aromatic nitrogens is 1. The zero-order valence-electron chi connectivity index (χ0n) is 16.0. The number of hydrogen-bond acceptors (Lipinski definition) is 3. The molecular formula is C21H25F2N3O. The average Bonchev–Trinajstić information content (AvgIpc) is 3.01. The van der Waals surface area contributed by atoms with Crippen LogP contribution in [-0.4, -0.2) is 28.8 Å². The molecule has 0 fully saturated rings. The second-order valence-electron chi connectivity index (χ2n) is 7.34. The molecule has 1 unspecified atom stereocenters. The molecule has 0 spiro atoms. The molecule has 1 aliphatic rings. The number of hydrogen-bond donors (Lipinski definition) is 4. The molecule has 2 heterocycles. The van der Waals surface area contributed by atoms with Crippen LogP contribution in [0.5, 0.6) is 0 Å². The summed E-state index contributed by atoms with van der Waals surface area (Å²) in [4.78, 5) is 3.11. The smallest absolute Gasteiger partial charge is 0.139 e. The lowest BCUT2D eigenvalue weighted by atomic mass is 9.84. The standard InChI is InChI=1S/C20H20F2N2O.CH5N/c1-10-9-23-19-11(10)5-4-6-12(19)17-14(21)8-15-13(18(17)22)7-16(25)20(2,3)24-15;1-2/h4-6,8-9,16,23-25H,7H2,1-3H3;2H2,1H3. The van der Waals surface area contributed by atoms with Gasteiger partial charge in [0.25, 0.3) is 0 Å². The minimum absolute atomic E-state index is 0.0556. The SMILES string of the molecule is CN.Cc1c[nH]c2c(-c3c(F)cc4c(c3F)CC(O)C(C)(C)N4)cccc12. The summed E-state index contributed by atoms with van der Waals surface area (Å²) in [6.45, 7) is 5.57. The number of benzene rings is 2. The topological polar surface area (TPSA) is 74.1 Å². The molecule has 3 aromatic rings. The van der Waals surface area contributed by atoms with Gasteiger partial charge in [0.2, 0.25) is 0 Å². The van der Waals surface area contributed by atoms with Crippen molar-refractivity contribution in [2.45, 2.75) is 38.8 Å². The minimum atomic E-state index is -0.753. The third-order valence-corrected chi connectivity index (χ3v) is 5.20. The number of aromatic amines is 1. The van der Waals surface area contributed by atoms with E-state index in [0.717, 1.165) is 10.9 Å². The first kappa shape index (κ1) is 19.3. The summed E-state index contributed by atoms with van der Waals surface area (Å²) in [5.41, 5.74) is 6.76. The Kier molecular flexibility index (Phi) is 4.97. The predicted octanol–water partition coefficient (Wildman–Crippen LogP) is 4.10. The molecule has 1 aromatic heterocycles. The van der Waals surface area contributed by atoms with E-state index in [2.05, 4.69) is 16.0 Å². The quantitative estimate of drug-likeness (QED) is 0.519. The highest BCUT2D eigenvalue weighted by molar-refractivity contribution is 5.96. The Labute approximate surface area is 157 Å². The van der Waals surface area contributed by atoms with Gasteiger partial charge in [0.05, 0.1) is 22.7 Å². The van der Waals surface area contributed by atoms with Gasteiger partial charge in [-0.15, -0.1) is 0 Å². The van der Waals surface area contributed by atoms with E-state index in [1.165, 1.54) is 13.1 Å². The number of fused-ring (bicyclic) bond motifs is 2. The van der Waals surface area contributed by atoms with Gasteiger partial charge >= 0.3 is 0 Å². The summed E-state index contributed by atoms with van der Waals surface area (Å²) < 4.78 is 30.1. The number of H-pyrrole nitrogens is 1. The highest BCUT2D eigenvalue weighted by Gasteiger charge is 2.36. The van der Waals surface area contributed by atoms with Crippen molar-refractivity contribution in [2.75, 3.05) is 12.4 Å². The first-order valence-electron chi connectivity index (χ1n) is 8.91. The molecule has 27 heavy (non-hydrogen) atoms.